The van der Waals surface area contributed by atoms with Crippen LogP contribution in [0.2, 0.25) is 0 Å². The Bertz CT molecular complexity index is 943. The van der Waals surface area contributed by atoms with E-state index in [1.54, 1.807) is 0 Å². The van der Waals surface area contributed by atoms with Crippen LogP contribution in [0.25, 0.3) is 17.3 Å². The van der Waals surface area contributed by atoms with Crippen molar-refractivity contribution in [1.82, 2.24) is 14.8 Å². The Morgan fingerprint density at radius 1 is 1.35 bits per heavy atom. The Morgan fingerprint density at radius 2 is 2.15 bits per heavy atom. The molecule has 6 nitrogen and oxygen atoms in total. The number of nitrogens with zero attached hydrogens (tertiary/aromatic N) is 3. The molecule has 26 heavy (non-hydrogen) atoms. The van der Waals surface area contributed by atoms with Gasteiger partial charge in [-0.2, -0.15) is 0 Å². The topological polar surface area (TPSA) is 79.1 Å². The number of halogens is 1. The molecule has 1 aliphatic carbocycles. The van der Waals surface area contributed by atoms with Gasteiger partial charge in [-0.15, -0.1) is 10.2 Å². The fourth-order valence-corrected chi connectivity index (χ4v) is 3.52. The smallest absolute Gasteiger partial charge is 0.264 e. The minimum Gasteiger partial charge on any atom is -0.491 e. The first-order valence-electron chi connectivity index (χ1n) is 8.66. The van der Waals surface area contributed by atoms with E-state index in [1.807, 2.05) is 32.0 Å². The molecule has 1 radical (unpaired) electrons. The van der Waals surface area contributed by atoms with Gasteiger partial charge in [0.15, 0.2) is 0 Å². The van der Waals surface area contributed by atoms with E-state index in [2.05, 4.69) is 36.8 Å². The average molecular weight is 416 g/mol. The van der Waals surface area contributed by atoms with E-state index in [4.69, 9.17) is 14.9 Å². The van der Waals surface area contributed by atoms with Crippen LogP contribution in [0.1, 0.15) is 35.9 Å². The van der Waals surface area contributed by atoms with Gasteiger partial charge in [0.25, 0.3) is 5.89 Å². The van der Waals surface area contributed by atoms with E-state index in [0.717, 1.165) is 51.6 Å². The van der Waals surface area contributed by atoms with Crippen molar-refractivity contribution in [3.8, 4) is 23.0 Å². The number of aryl methyl sites for hydroxylation is 2. The molecule has 2 aromatic heterocycles. The first-order chi connectivity index (χ1) is 12.6. The van der Waals surface area contributed by atoms with Crippen molar-refractivity contribution < 1.29 is 9.15 Å². The van der Waals surface area contributed by atoms with Crippen LogP contribution in [0.4, 0.5) is 0 Å². The molecular formula is C19H20BrN4O2. The highest BCUT2D eigenvalue weighted by molar-refractivity contribution is 9.10. The maximum Gasteiger partial charge on any atom is 0.264 e. The number of ether oxygens (including phenoxy) is 1. The maximum atomic E-state index is 5.94. The van der Waals surface area contributed by atoms with Crippen LogP contribution in [0.15, 0.2) is 27.1 Å². The van der Waals surface area contributed by atoms with Crippen LogP contribution in [-0.2, 0) is 0 Å². The lowest BCUT2D eigenvalue weighted by Crippen LogP contribution is -2.11. The van der Waals surface area contributed by atoms with Crippen LogP contribution in [-0.4, -0.2) is 27.9 Å². The second kappa shape index (κ2) is 6.89. The van der Waals surface area contributed by atoms with E-state index < -0.39 is 0 Å². The molecular weight excluding hydrogens is 396 g/mol. The number of benzene rings is 1. The van der Waals surface area contributed by atoms with Crippen LogP contribution < -0.4 is 10.5 Å². The van der Waals surface area contributed by atoms with Crippen molar-refractivity contribution >= 4 is 15.9 Å². The summed E-state index contributed by atoms with van der Waals surface area (Å²) in [5, 5.41) is 8.50. The van der Waals surface area contributed by atoms with Gasteiger partial charge in [-0.1, -0.05) is 0 Å². The summed E-state index contributed by atoms with van der Waals surface area (Å²) in [7, 11) is 0. The number of hydrogen-bond acceptors (Lipinski definition) is 5. The van der Waals surface area contributed by atoms with E-state index in [1.165, 1.54) is 0 Å². The van der Waals surface area contributed by atoms with Crippen LogP contribution in [0.3, 0.4) is 0 Å². The molecule has 1 aliphatic rings. The lowest BCUT2D eigenvalue weighted by atomic mass is 10.2. The van der Waals surface area contributed by atoms with Gasteiger partial charge in [0.05, 0.1) is 4.47 Å². The van der Waals surface area contributed by atoms with Gasteiger partial charge >= 0.3 is 0 Å². The summed E-state index contributed by atoms with van der Waals surface area (Å²) in [4.78, 5) is 0. The van der Waals surface area contributed by atoms with Crippen molar-refractivity contribution in [2.24, 2.45) is 5.73 Å². The fourth-order valence-electron chi connectivity index (χ4n) is 3.04. The Labute approximate surface area is 160 Å². The zero-order valence-electron chi connectivity index (χ0n) is 14.8. The van der Waals surface area contributed by atoms with Gasteiger partial charge in [-0.25, -0.2) is 0 Å². The molecule has 0 atom stereocenters. The molecule has 4 rings (SSSR count). The molecule has 7 heteroatoms. The molecule has 0 bridgehead atoms. The minimum absolute atomic E-state index is 0.429. The fraction of sp³-hybridized carbons (Fsp3) is 0.368. The van der Waals surface area contributed by atoms with Crippen molar-refractivity contribution in [3.05, 3.63) is 45.9 Å². The summed E-state index contributed by atoms with van der Waals surface area (Å²) < 4.78 is 14.5. The third kappa shape index (κ3) is 3.17. The lowest BCUT2D eigenvalue weighted by Gasteiger charge is -2.13. The quantitative estimate of drug-likeness (QED) is 0.659. The van der Waals surface area contributed by atoms with Gasteiger partial charge in [0, 0.05) is 29.9 Å². The Morgan fingerprint density at radius 3 is 2.85 bits per heavy atom. The van der Waals surface area contributed by atoms with Gasteiger partial charge in [-0.3, -0.25) is 0 Å². The van der Waals surface area contributed by atoms with Gasteiger partial charge in [-0.05, 0) is 66.4 Å². The van der Waals surface area contributed by atoms with E-state index in [-0.39, 0.29) is 0 Å². The van der Waals surface area contributed by atoms with E-state index in [9.17, 15) is 0 Å². The highest BCUT2D eigenvalue weighted by Gasteiger charge is 2.30. The molecule has 0 aliphatic heterocycles. The van der Waals surface area contributed by atoms with Crippen molar-refractivity contribution in [1.29, 1.82) is 0 Å². The maximum absolute atomic E-state index is 5.94. The Balaban J connectivity index is 1.75. The van der Waals surface area contributed by atoms with Crippen LogP contribution in [0, 0.1) is 19.9 Å². The standard InChI is InChI=1S/C19H20BrN4O2/c1-11-9-12(2)24(14-5-6-16(15(20)10-14)25-8-7-21)17(11)19-23-22-18(26-19)13-3-4-13/h5-6,10,13H,3-4,7-8,21H2,1-2H3. The second-order valence-corrected chi connectivity index (χ2v) is 7.35. The molecule has 1 fully saturated rings. The molecule has 2 heterocycles. The molecule has 0 amide bonds. The molecule has 1 saturated carbocycles. The molecule has 0 saturated heterocycles. The normalized spacial score (nSPS) is 14.0. The van der Waals surface area contributed by atoms with Crippen molar-refractivity contribution in [2.45, 2.75) is 32.6 Å². The monoisotopic (exact) mass is 415 g/mol. The van der Waals surface area contributed by atoms with Gasteiger partial charge < -0.3 is 19.5 Å². The number of hydrogen-bond donors (Lipinski definition) is 1. The number of rotatable bonds is 6. The molecule has 135 valence electrons. The number of nitrogens with two attached hydrogens (primary N) is 1. The van der Waals surface area contributed by atoms with Crippen LogP contribution >= 0.6 is 15.9 Å². The van der Waals surface area contributed by atoms with E-state index >= 15 is 0 Å². The summed E-state index contributed by atoms with van der Waals surface area (Å²) in [6.07, 6.45) is 2.26. The largest absolute Gasteiger partial charge is 0.491 e. The minimum atomic E-state index is 0.429. The molecule has 0 spiro atoms. The predicted molar refractivity (Wildman–Crippen MR) is 102 cm³/mol. The van der Waals surface area contributed by atoms with Gasteiger partial charge in [0.2, 0.25) is 5.89 Å². The lowest BCUT2D eigenvalue weighted by molar-refractivity contribution is 0.326. The van der Waals surface area contributed by atoms with Crippen molar-refractivity contribution in [2.75, 3.05) is 13.2 Å². The zero-order valence-corrected chi connectivity index (χ0v) is 16.3. The first kappa shape index (κ1) is 17.3. The average Bonchev–Trinajstić information content (AvgIpc) is 3.27. The molecule has 3 aromatic rings. The van der Waals surface area contributed by atoms with Crippen LogP contribution in [0.5, 0.6) is 5.75 Å². The summed E-state index contributed by atoms with van der Waals surface area (Å²) in [6, 6.07) is 9.30. The van der Waals surface area contributed by atoms with Gasteiger partial charge in [0.1, 0.15) is 18.1 Å². The zero-order chi connectivity index (χ0) is 18.3. The third-order valence-electron chi connectivity index (χ3n) is 4.40. The Hall–Kier alpha value is -2.12. The Kier molecular flexibility index (Phi) is 4.58. The third-order valence-corrected chi connectivity index (χ3v) is 5.02. The summed E-state index contributed by atoms with van der Waals surface area (Å²) in [6.45, 7) is 4.98. The number of aromatic nitrogens is 3. The highest BCUT2D eigenvalue weighted by atomic mass is 79.9. The molecule has 1 aromatic carbocycles. The SMILES string of the molecule is Cc1[c]c(C)n(-c2ccc(OCCN)c(Br)c2)c1-c1nnc(C2CC2)o1. The van der Waals surface area contributed by atoms with Crippen molar-refractivity contribution in [3.63, 3.8) is 0 Å². The summed E-state index contributed by atoms with van der Waals surface area (Å²) in [5.74, 6) is 2.46. The molecule has 2 N–H and O–H groups in total. The highest BCUT2D eigenvalue weighted by Crippen LogP contribution is 2.41. The second-order valence-electron chi connectivity index (χ2n) is 6.49. The summed E-state index contributed by atoms with van der Waals surface area (Å²) >= 11 is 3.58. The predicted octanol–water partition coefficient (Wildman–Crippen LogP) is 3.92. The summed E-state index contributed by atoms with van der Waals surface area (Å²) in [5.41, 5.74) is 9.32. The van der Waals surface area contributed by atoms with E-state index in [0.29, 0.717) is 25.0 Å². The first-order valence-corrected chi connectivity index (χ1v) is 9.45. The molecule has 0 unspecified atom stereocenters.